The van der Waals surface area contributed by atoms with Gasteiger partial charge >= 0.3 is 0 Å². The number of anilines is 2. The van der Waals surface area contributed by atoms with Crippen LogP contribution in [0.2, 0.25) is 0 Å². The molecule has 0 aliphatic carbocycles. The van der Waals surface area contributed by atoms with Crippen LogP contribution < -0.4 is 10.6 Å². The molecule has 0 saturated heterocycles. The molecule has 8 heterocycles. The highest BCUT2D eigenvalue weighted by Crippen LogP contribution is 2.44. The second-order valence-corrected chi connectivity index (χ2v) is 13.0. The third kappa shape index (κ3) is 7.56. The molecule has 12 heteroatoms. The predicted molar refractivity (Wildman–Crippen MR) is 216 cm³/mol. The van der Waals surface area contributed by atoms with Crippen LogP contribution in [0.1, 0.15) is 17.9 Å². The summed E-state index contributed by atoms with van der Waals surface area (Å²) >= 11 is 0. The van der Waals surface area contributed by atoms with Crippen LogP contribution in [0.5, 0.6) is 0 Å². The van der Waals surface area contributed by atoms with Gasteiger partial charge in [-0.25, -0.2) is 19.9 Å². The fourth-order valence-electron chi connectivity index (χ4n) is 6.74. The fourth-order valence-corrected chi connectivity index (χ4v) is 6.74. The van der Waals surface area contributed by atoms with E-state index in [0.717, 1.165) is 82.0 Å². The van der Waals surface area contributed by atoms with Crippen LogP contribution in [-0.4, -0.2) is 33.0 Å². The summed E-state index contributed by atoms with van der Waals surface area (Å²) in [4.78, 5) is 17.6. The van der Waals surface area contributed by atoms with Crippen LogP contribution in [-0.2, 0) is 12.8 Å². The van der Waals surface area contributed by atoms with Crippen LogP contribution in [0.25, 0.3) is 67.5 Å². The number of aromatic nitrogens is 4. The number of nitrogens with one attached hydrogen (secondary N) is 2. The average molecular weight is 757 g/mol. The molecule has 282 valence electrons. The summed E-state index contributed by atoms with van der Waals surface area (Å²) in [5.41, 5.74) is 4.90. The Morgan fingerprint density at radius 3 is 1.39 bits per heavy atom. The van der Waals surface area contributed by atoms with E-state index in [4.69, 9.17) is 26.5 Å². The molecule has 57 heavy (non-hydrogen) atoms. The second kappa shape index (κ2) is 16.4. The molecule has 10 aromatic rings. The summed E-state index contributed by atoms with van der Waals surface area (Å²) in [6.45, 7) is 1.43. The molecule has 0 fully saturated rings. The van der Waals surface area contributed by atoms with Crippen molar-refractivity contribution >= 4 is 33.8 Å². The Balaban J connectivity index is 0.000000148. The summed E-state index contributed by atoms with van der Waals surface area (Å²) in [5.74, 6) is 5.96. The summed E-state index contributed by atoms with van der Waals surface area (Å²) < 4.78 is 34.2. The first kappa shape index (κ1) is 35.1. The summed E-state index contributed by atoms with van der Waals surface area (Å²) in [6, 6.07) is 35.3. The highest BCUT2D eigenvalue weighted by atomic mass is 16.4. The number of furan rings is 6. The van der Waals surface area contributed by atoms with Crippen molar-refractivity contribution in [3.8, 4) is 45.3 Å². The zero-order chi connectivity index (χ0) is 38.2. The van der Waals surface area contributed by atoms with Crippen molar-refractivity contribution in [2.24, 2.45) is 0 Å². The van der Waals surface area contributed by atoms with Gasteiger partial charge in [-0.3, -0.25) is 0 Å². The summed E-state index contributed by atoms with van der Waals surface area (Å²) in [6.07, 6.45) is 12.2. The minimum atomic E-state index is 0.515. The Kier molecular flexibility index (Phi) is 10.1. The van der Waals surface area contributed by atoms with Crippen LogP contribution >= 0.6 is 0 Å². The molecular weight excluding hydrogens is 721 g/mol. The van der Waals surface area contributed by atoms with Crippen LogP contribution in [0.3, 0.4) is 0 Å². The van der Waals surface area contributed by atoms with Gasteiger partial charge in [-0.1, -0.05) is 60.7 Å². The summed E-state index contributed by atoms with van der Waals surface area (Å²) in [5, 5.41) is 8.51. The van der Waals surface area contributed by atoms with Crippen molar-refractivity contribution in [2.45, 2.75) is 19.3 Å². The minimum absolute atomic E-state index is 0.515. The van der Waals surface area contributed by atoms with E-state index < -0.39 is 0 Å². The van der Waals surface area contributed by atoms with Gasteiger partial charge in [-0.2, -0.15) is 0 Å². The standard InChI is InChI=1S/C23H19N3O3.C22H17N3O3/c1-2-7-16(8-3-1)19-20-22(24-12-4-9-17-10-5-13-27-17)25-15-26-23(20)29-21(19)18-11-6-14-28-18;1-2-6-15(7-3-1)18-19-21(23-11-10-16-8-4-12-26-16)24-14-25-22(19)28-20(18)17-9-5-13-27-17/h1-3,5-8,10-11,13-15H,4,9,12H2,(H,24,25,26);1-9,12-14H,10-11H2,(H,23,24,25). The van der Waals surface area contributed by atoms with Gasteiger partial charge in [0.25, 0.3) is 0 Å². The molecule has 0 amide bonds. The van der Waals surface area contributed by atoms with E-state index in [9.17, 15) is 0 Å². The Morgan fingerprint density at radius 1 is 0.439 bits per heavy atom. The Bertz CT molecular complexity index is 2760. The number of nitrogens with zero attached hydrogens (tertiary/aromatic N) is 4. The molecular formula is C45H36N6O6. The van der Waals surface area contributed by atoms with Crippen molar-refractivity contribution in [1.82, 2.24) is 19.9 Å². The predicted octanol–water partition coefficient (Wildman–Crippen LogP) is 11.2. The smallest absolute Gasteiger partial charge is 0.232 e. The number of hydrogen-bond acceptors (Lipinski definition) is 12. The molecule has 8 aromatic heterocycles. The van der Waals surface area contributed by atoms with E-state index in [2.05, 4.69) is 30.6 Å². The van der Waals surface area contributed by atoms with Gasteiger partial charge < -0.3 is 37.1 Å². The SMILES string of the molecule is c1ccc(-c2c(-c3ccco3)oc3ncnc(NCCCc4ccco4)c23)cc1.c1ccc(-c2c(-c3ccco3)oc3ncnc(NCCc4ccco4)c23)cc1. The average Bonchev–Trinajstić information content (AvgIpc) is 4.11. The van der Waals surface area contributed by atoms with Crippen molar-refractivity contribution in [3.05, 3.63) is 158 Å². The van der Waals surface area contributed by atoms with Gasteiger partial charge in [0.1, 0.15) is 35.8 Å². The first-order valence-corrected chi connectivity index (χ1v) is 18.6. The monoisotopic (exact) mass is 756 g/mol. The molecule has 0 bridgehead atoms. The second-order valence-electron chi connectivity index (χ2n) is 13.0. The lowest BCUT2D eigenvalue weighted by atomic mass is 10.0. The van der Waals surface area contributed by atoms with Crippen molar-refractivity contribution in [3.63, 3.8) is 0 Å². The largest absolute Gasteiger partial charge is 0.469 e. The molecule has 2 aromatic carbocycles. The minimum Gasteiger partial charge on any atom is -0.469 e. The molecule has 0 aliphatic heterocycles. The molecule has 2 N–H and O–H groups in total. The Morgan fingerprint density at radius 2 is 0.912 bits per heavy atom. The molecule has 0 radical (unpaired) electrons. The lowest BCUT2D eigenvalue weighted by molar-refractivity contribution is 0.504. The fraction of sp³-hybridized carbons (Fsp3) is 0.111. The molecule has 0 aliphatic rings. The van der Waals surface area contributed by atoms with E-state index in [1.54, 1.807) is 25.1 Å². The first-order chi connectivity index (χ1) is 28.3. The molecule has 0 atom stereocenters. The molecule has 0 unspecified atom stereocenters. The van der Waals surface area contributed by atoms with Gasteiger partial charge in [0.05, 0.1) is 35.8 Å². The first-order valence-electron chi connectivity index (χ1n) is 18.6. The number of benzene rings is 2. The van der Waals surface area contributed by atoms with Crippen molar-refractivity contribution in [2.75, 3.05) is 23.7 Å². The maximum absolute atomic E-state index is 6.10. The normalized spacial score (nSPS) is 11.2. The topological polar surface area (TPSA) is 154 Å². The third-order valence-electron chi connectivity index (χ3n) is 9.31. The van der Waals surface area contributed by atoms with Gasteiger partial charge in [0, 0.05) is 37.1 Å². The number of hydrogen-bond donors (Lipinski definition) is 2. The Labute approximate surface area is 326 Å². The summed E-state index contributed by atoms with van der Waals surface area (Å²) in [7, 11) is 0. The van der Waals surface area contributed by atoms with Gasteiger partial charge in [0.15, 0.2) is 23.0 Å². The Hall–Kier alpha value is -7.60. The van der Waals surface area contributed by atoms with E-state index >= 15 is 0 Å². The van der Waals surface area contributed by atoms with Gasteiger partial charge in [-0.15, -0.1) is 0 Å². The maximum atomic E-state index is 6.10. The zero-order valence-electron chi connectivity index (χ0n) is 30.6. The number of rotatable bonds is 13. The lowest BCUT2D eigenvalue weighted by Crippen LogP contribution is -2.06. The van der Waals surface area contributed by atoms with Crippen molar-refractivity contribution < 1.29 is 26.5 Å². The molecule has 12 nitrogen and oxygen atoms in total. The van der Waals surface area contributed by atoms with E-state index in [0.29, 0.717) is 41.0 Å². The third-order valence-corrected chi connectivity index (χ3v) is 9.31. The molecule has 10 rings (SSSR count). The molecule has 0 saturated carbocycles. The van der Waals surface area contributed by atoms with Gasteiger partial charge in [-0.05, 0) is 66.1 Å². The highest BCUT2D eigenvalue weighted by molar-refractivity contribution is 6.06. The van der Waals surface area contributed by atoms with E-state index in [-0.39, 0.29) is 0 Å². The van der Waals surface area contributed by atoms with Gasteiger partial charge in [0.2, 0.25) is 11.4 Å². The number of fused-ring (bicyclic) bond motifs is 2. The van der Waals surface area contributed by atoms with Crippen LogP contribution in [0, 0.1) is 0 Å². The zero-order valence-corrected chi connectivity index (χ0v) is 30.6. The van der Waals surface area contributed by atoms with E-state index in [1.165, 1.54) is 12.7 Å². The van der Waals surface area contributed by atoms with E-state index in [1.807, 2.05) is 109 Å². The molecule has 0 spiro atoms. The lowest BCUT2D eigenvalue weighted by Gasteiger charge is -2.07. The quantitative estimate of drug-likeness (QED) is 0.108. The van der Waals surface area contributed by atoms with Crippen LogP contribution in [0.4, 0.5) is 11.6 Å². The highest BCUT2D eigenvalue weighted by Gasteiger charge is 2.25. The maximum Gasteiger partial charge on any atom is 0.232 e. The number of aryl methyl sites for hydroxylation is 1. The van der Waals surface area contributed by atoms with Crippen molar-refractivity contribution in [1.29, 1.82) is 0 Å². The van der Waals surface area contributed by atoms with Crippen LogP contribution in [0.15, 0.2) is 173 Å².